The summed E-state index contributed by atoms with van der Waals surface area (Å²) in [5, 5.41) is 14.0. The number of piperidine rings is 1. The van der Waals surface area contributed by atoms with Gasteiger partial charge in [0.25, 0.3) is 0 Å². The molecule has 1 unspecified atom stereocenters. The second-order valence-electron chi connectivity index (χ2n) is 5.94. The summed E-state index contributed by atoms with van der Waals surface area (Å²) in [5.74, 6) is 1.01. The SMILES string of the molecule is CC(C)C(CC1(O)CCNCC1)c1ccccc1. The highest BCUT2D eigenvalue weighted by Crippen LogP contribution is 2.36. The van der Waals surface area contributed by atoms with Crippen molar-refractivity contribution < 1.29 is 5.11 Å². The van der Waals surface area contributed by atoms with Gasteiger partial charge in [-0.05, 0) is 49.8 Å². The summed E-state index contributed by atoms with van der Waals surface area (Å²) in [4.78, 5) is 0. The van der Waals surface area contributed by atoms with Crippen molar-refractivity contribution in [1.29, 1.82) is 0 Å². The Kier molecular flexibility index (Phi) is 4.41. The van der Waals surface area contributed by atoms with Gasteiger partial charge in [-0.15, -0.1) is 0 Å². The lowest BCUT2D eigenvalue weighted by molar-refractivity contribution is -0.00756. The monoisotopic (exact) mass is 247 g/mol. The van der Waals surface area contributed by atoms with Gasteiger partial charge < -0.3 is 10.4 Å². The molecule has 18 heavy (non-hydrogen) atoms. The van der Waals surface area contributed by atoms with E-state index in [1.54, 1.807) is 0 Å². The van der Waals surface area contributed by atoms with Crippen molar-refractivity contribution >= 4 is 0 Å². The summed E-state index contributed by atoms with van der Waals surface area (Å²) in [6, 6.07) is 10.6. The second kappa shape index (κ2) is 5.85. The summed E-state index contributed by atoms with van der Waals surface area (Å²) >= 11 is 0. The quantitative estimate of drug-likeness (QED) is 0.857. The molecule has 0 aromatic heterocycles. The van der Waals surface area contributed by atoms with Crippen molar-refractivity contribution in [1.82, 2.24) is 5.32 Å². The largest absolute Gasteiger partial charge is 0.390 e. The van der Waals surface area contributed by atoms with Crippen molar-refractivity contribution in [2.24, 2.45) is 5.92 Å². The van der Waals surface area contributed by atoms with Gasteiger partial charge in [0.05, 0.1) is 5.60 Å². The van der Waals surface area contributed by atoms with Crippen LogP contribution in [0.4, 0.5) is 0 Å². The molecule has 0 aliphatic carbocycles. The second-order valence-corrected chi connectivity index (χ2v) is 5.94. The van der Waals surface area contributed by atoms with Gasteiger partial charge in [0.1, 0.15) is 0 Å². The van der Waals surface area contributed by atoms with Gasteiger partial charge in [-0.3, -0.25) is 0 Å². The Bertz CT molecular complexity index is 355. The highest BCUT2D eigenvalue weighted by atomic mass is 16.3. The molecule has 2 heteroatoms. The van der Waals surface area contributed by atoms with Crippen LogP contribution < -0.4 is 5.32 Å². The topological polar surface area (TPSA) is 32.3 Å². The maximum Gasteiger partial charge on any atom is 0.0677 e. The lowest BCUT2D eigenvalue weighted by atomic mass is 9.76. The summed E-state index contributed by atoms with van der Waals surface area (Å²) < 4.78 is 0. The molecular weight excluding hydrogens is 222 g/mol. The first-order valence-corrected chi connectivity index (χ1v) is 7.09. The predicted molar refractivity (Wildman–Crippen MR) is 75.7 cm³/mol. The van der Waals surface area contributed by atoms with Gasteiger partial charge in [0.2, 0.25) is 0 Å². The van der Waals surface area contributed by atoms with E-state index in [-0.39, 0.29) is 0 Å². The van der Waals surface area contributed by atoms with E-state index in [4.69, 9.17) is 0 Å². The van der Waals surface area contributed by atoms with Crippen molar-refractivity contribution in [3.63, 3.8) is 0 Å². The lowest BCUT2D eigenvalue weighted by Gasteiger charge is -2.37. The van der Waals surface area contributed by atoms with Crippen LogP contribution in [0, 0.1) is 5.92 Å². The molecule has 1 atom stereocenters. The van der Waals surface area contributed by atoms with E-state index in [2.05, 4.69) is 49.5 Å². The van der Waals surface area contributed by atoms with E-state index in [1.807, 2.05) is 0 Å². The minimum Gasteiger partial charge on any atom is -0.390 e. The molecule has 1 fully saturated rings. The molecule has 0 spiro atoms. The smallest absolute Gasteiger partial charge is 0.0677 e. The molecule has 1 heterocycles. The lowest BCUT2D eigenvalue weighted by Crippen LogP contribution is -2.43. The Labute approximate surface area is 110 Å². The van der Waals surface area contributed by atoms with Gasteiger partial charge in [-0.25, -0.2) is 0 Å². The standard InChI is InChI=1S/C16H25NO/c1-13(2)15(14-6-4-3-5-7-14)12-16(18)8-10-17-11-9-16/h3-7,13,15,17-18H,8-12H2,1-2H3. The Morgan fingerprint density at radius 3 is 2.33 bits per heavy atom. The molecule has 2 rings (SSSR count). The van der Waals surface area contributed by atoms with Crippen LogP contribution in [-0.4, -0.2) is 23.8 Å². The number of aliphatic hydroxyl groups is 1. The average Bonchev–Trinajstić information content (AvgIpc) is 2.38. The molecule has 1 saturated heterocycles. The van der Waals surface area contributed by atoms with E-state index in [1.165, 1.54) is 5.56 Å². The number of hydrogen-bond donors (Lipinski definition) is 2. The molecule has 0 saturated carbocycles. The van der Waals surface area contributed by atoms with Crippen LogP contribution in [0.5, 0.6) is 0 Å². The normalized spacial score (nSPS) is 20.9. The van der Waals surface area contributed by atoms with Crippen molar-refractivity contribution in [2.75, 3.05) is 13.1 Å². The van der Waals surface area contributed by atoms with Crippen LogP contribution in [0.25, 0.3) is 0 Å². The highest BCUT2D eigenvalue weighted by molar-refractivity contribution is 5.20. The molecular formula is C16H25NO. The number of hydrogen-bond acceptors (Lipinski definition) is 2. The number of nitrogens with one attached hydrogen (secondary N) is 1. The molecule has 0 radical (unpaired) electrons. The summed E-state index contributed by atoms with van der Waals surface area (Å²) in [6.07, 6.45) is 2.64. The Morgan fingerprint density at radius 2 is 1.78 bits per heavy atom. The van der Waals surface area contributed by atoms with Crippen molar-refractivity contribution in [3.05, 3.63) is 35.9 Å². The van der Waals surface area contributed by atoms with Crippen LogP contribution in [-0.2, 0) is 0 Å². The van der Waals surface area contributed by atoms with Crippen molar-refractivity contribution in [2.45, 2.75) is 44.6 Å². The van der Waals surface area contributed by atoms with Crippen LogP contribution in [0.2, 0.25) is 0 Å². The van der Waals surface area contributed by atoms with Gasteiger partial charge in [-0.1, -0.05) is 44.2 Å². The molecule has 1 aromatic rings. The summed E-state index contributed by atoms with van der Waals surface area (Å²) in [7, 11) is 0. The minimum absolute atomic E-state index is 0.453. The number of benzene rings is 1. The first-order chi connectivity index (χ1) is 8.61. The minimum atomic E-state index is -0.476. The van der Waals surface area contributed by atoms with Crippen LogP contribution in [0.15, 0.2) is 30.3 Å². The molecule has 0 amide bonds. The van der Waals surface area contributed by atoms with Gasteiger partial charge in [0.15, 0.2) is 0 Å². The summed E-state index contributed by atoms with van der Waals surface area (Å²) in [5.41, 5.74) is 0.884. The van der Waals surface area contributed by atoms with Crippen LogP contribution in [0.1, 0.15) is 44.6 Å². The third-order valence-electron chi connectivity index (χ3n) is 4.17. The van der Waals surface area contributed by atoms with Crippen molar-refractivity contribution in [3.8, 4) is 0 Å². The molecule has 1 aliphatic heterocycles. The first kappa shape index (κ1) is 13.6. The molecule has 0 bridgehead atoms. The average molecular weight is 247 g/mol. The molecule has 2 nitrogen and oxygen atoms in total. The van der Waals surface area contributed by atoms with Crippen LogP contribution in [0.3, 0.4) is 0 Å². The van der Waals surface area contributed by atoms with Crippen LogP contribution >= 0.6 is 0 Å². The van der Waals surface area contributed by atoms with Gasteiger partial charge in [0, 0.05) is 0 Å². The molecule has 100 valence electrons. The van der Waals surface area contributed by atoms with E-state index in [0.717, 1.165) is 32.4 Å². The highest BCUT2D eigenvalue weighted by Gasteiger charge is 2.33. The predicted octanol–water partition coefficient (Wildman–Crippen LogP) is 2.93. The zero-order valence-corrected chi connectivity index (χ0v) is 11.5. The van der Waals surface area contributed by atoms with E-state index >= 15 is 0 Å². The maximum absolute atomic E-state index is 10.7. The van der Waals surface area contributed by atoms with Gasteiger partial charge in [-0.2, -0.15) is 0 Å². The Morgan fingerprint density at radius 1 is 1.17 bits per heavy atom. The third-order valence-corrected chi connectivity index (χ3v) is 4.17. The third kappa shape index (κ3) is 3.33. The fraction of sp³-hybridized carbons (Fsp3) is 0.625. The Balaban J connectivity index is 2.11. The zero-order chi connectivity index (χ0) is 13.0. The maximum atomic E-state index is 10.7. The first-order valence-electron chi connectivity index (χ1n) is 7.09. The molecule has 2 N–H and O–H groups in total. The summed E-state index contributed by atoms with van der Waals surface area (Å²) in [6.45, 7) is 6.39. The molecule has 1 aromatic carbocycles. The fourth-order valence-corrected chi connectivity index (χ4v) is 2.94. The van der Waals surface area contributed by atoms with E-state index in [0.29, 0.717) is 11.8 Å². The Hall–Kier alpha value is -0.860. The molecule has 1 aliphatic rings. The number of rotatable bonds is 4. The van der Waals surface area contributed by atoms with E-state index < -0.39 is 5.60 Å². The fourth-order valence-electron chi connectivity index (χ4n) is 2.94. The zero-order valence-electron chi connectivity index (χ0n) is 11.5. The van der Waals surface area contributed by atoms with Gasteiger partial charge >= 0.3 is 0 Å². The van der Waals surface area contributed by atoms with E-state index in [9.17, 15) is 5.11 Å².